The van der Waals surface area contributed by atoms with E-state index in [0.717, 1.165) is 24.0 Å². The number of benzene rings is 2. The number of ketones is 1. The van der Waals surface area contributed by atoms with E-state index in [2.05, 4.69) is 27.4 Å². The quantitative estimate of drug-likeness (QED) is 0.499. The van der Waals surface area contributed by atoms with Crippen molar-refractivity contribution in [2.45, 2.75) is 32.2 Å². The molecule has 1 aromatic heterocycles. The van der Waals surface area contributed by atoms with Gasteiger partial charge in [0.25, 0.3) is 0 Å². The molecule has 1 heterocycles. The minimum atomic E-state index is -0.539. The van der Waals surface area contributed by atoms with Crippen molar-refractivity contribution >= 4 is 11.7 Å². The smallest absolute Gasteiger partial charge is 0.325 e. The molecule has 1 aliphatic carbocycles. The number of Topliss-reactive ketones (excluding diaryl/α,β-unsaturated/α-hetero) is 1. The minimum absolute atomic E-state index is 0.0272. The molecule has 148 valence electrons. The van der Waals surface area contributed by atoms with Crippen LogP contribution in [0.2, 0.25) is 0 Å². The first-order valence-corrected chi connectivity index (χ1v) is 9.41. The summed E-state index contributed by atoms with van der Waals surface area (Å²) in [5.41, 5.74) is 4.81. The molecule has 0 saturated carbocycles. The molecule has 0 radical (unpaired) electrons. The first kappa shape index (κ1) is 18.7. The zero-order valence-electron chi connectivity index (χ0n) is 15.9. The third-order valence-corrected chi connectivity index (χ3v) is 5.25. The van der Waals surface area contributed by atoms with Crippen molar-refractivity contribution in [1.29, 1.82) is 0 Å². The lowest BCUT2D eigenvalue weighted by Gasteiger charge is -2.11. The zero-order chi connectivity index (χ0) is 20.5. The maximum atomic E-state index is 12.3. The van der Waals surface area contributed by atoms with E-state index in [-0.39, 0.29) is 35.7 Å². The second-order valence-corrected chi connectivity index (χ2v) is 7.37. The van der Waals surface area contributed by atoms with Gasteiger partial charge in [-0.25, -0.2) is 4.79 Å². The van der Waals surface area contributed by atoms with Gasteiger partial charge < -0.3 is 15.4 Å². The molecule has 1 atom stereocenters. The van der Waals surface area contributed by atoms with Crippen molar-refractivity contribution in [3.8, 4) is 17.0 Å². The van der Waals surface area contributed by atoms with E-state index < -0.39 is 5.69 Å². The monoisotopic (exact) mass is 391 g/mol. The van der Waals surface area contributed by atoms with Gasteiger partial charge in [-0.1, -0.05) is 42.5 Å². The highest BCUT2D eigenvalue weighted by atomic mass is 16.3. The average molecular weight is 391 g/mol. The molecule has 7 heteroatoms. The molecule has 1 amide bonds. The van der Waals surface area contributed by atoms with Crippen LogP contribution in [0.3, 0.4) is 0 Å². The predicted molar refractivity (Wildman–Crippen MR) is 108 cm³/mol. The summed E-state index contributed by atoms with van der Waals surface area (Å²) in [6.07, 6.45) is 1.36. The summed E-state index contributed by atoms with van der Waals surface area (Å²) in [6, 6.07) is 13.8. The van der Waals surface area contributed by atoms with Gasteiger partial charge in [-0.05, 0) is 42.0 Å². The third kappa shape index (κ3) is 3.99. The number of nitrogens with one attached hydrogen (secondary N) is 3. The van der Waals surface area contributed by atoms with Crippen molar-refractivity contribution in [3.05, 3.63) is 75.3 Å². The Kier molecular flexibility index (Phi) is 4.80. The number of hydrogen-bond acceptors (Lipinski definition) is 4. The van der Waals surface area contributed by atoms with Crippen LogP contribution >= 0.6 is 0 Å². The van der Waals surface area contributed by atoms with E-state index in [9.17, 15) is 19.5 Å². The van der Waals surface area contributed by atoms with Gasteiger partial charge >= 0.3 is 5.69 Å². The predicted octanol–water partition coefficient (Wildman–Crippen LogP) is 2.10. The van der Waals surface area contributed by atoms with Gasteiger partial charge in [-0.2, -0.15) is 0 Å². The fourth-order valence-corrected chi connectivity index (χ4v) is 3.77. The number of aromatic hydroxyl groups is 1. The second-order valence-electron chi connectivity index (χ2n) is 7.37. The van der Waals surface area contributed by atoms with Crippen LogP contribution in [0.15, 0.2) is 47.3 Å². The van der Waals surface area contributed by atoms with E-state index in [1.807, 2.05) is 30.3 Å². The van der Waals surface area contributed by atoms with Crippen molar-refractivity contribution in [3.63, 3.8) is 0 Å². The molecule has 1 unspecified atom stereocenters. The SMILES string of the molecule is CC(=O)c1ccc(-c2ccc3c(c2)CC(NC(=O)Cc2[nH]c(=O)[nH]c2O)C3)cc1. The number of fused-ring (bicyclic) bond motifs is 1. The van der Waals surface area contributed by atoms with Crippen LogP contribution in [0.5, 0.6) is 5.88 Å². The third-order valence-electron chi connectivity index (χ3n) is 5.25. The van der Waals surface area contributed by atoms with Gasteiger partial charge in [0.1, 0.15) is 0 Å². The summed E-state index contributed by atoms with van der Waals surface area (Å²) >= 11 is 0. The van der Waals surface area contributed by atoms with Crippen molar-refractivity contribution in [2.24, 2.45) is 0 Å². The van der Waals surface area contributed by atoms with Crippen LogP contribution < -0.4 is 11.0 Å². The molecule has 4 rings (SSSR count). The zero-order valence-corrected chi connectivity index (χ0v) is 15.9. The molecule has 0 fully saturated rings. The highest BCUT2D eigenvalue weighted by Crippen LogP contribution is 2.28. The summed E-state index contributed by atoms with van der Waals surface area (Å²) in [7, 11) is 0. The number of imidazole rings is 1. The largest absolute Gasteiger partial charge is 0.493 e. The average Bonchev–Trinajstić information content (AvgIpc) is 3.22. The van der Waals surface area contributed by atoms with Crippen LogP contribution in [0, 0.1) is 0 Å². The molecular weight excluding hydrogens is 370 g/mol. The van der Waals surface area contributed by atoms with E-state index in [1.54, 1.807) is 6.92 Å². The van der Waals surface area contributed by atoms with Gasteiger partial charge in [0.2, 0.25) is 11.8 Å². The van der Waals surface area contributed by atoms with E-state index >= 15 is 0 Å². The number of carbonyl (C=O) groups is 2. The Bertz CT molecular complexity index is 1140. The Labute approximate surface area is 166 Å². The van der Waals surface area contributed by atoms with Gasteiger partial charge in [-0.3, -0.25) is 14.6 Å². The fourth-order valence-electron chi connectivity index (χ4n) is 3.77. The highest BCUT2D eigenvalue weighted by Gasteiger charge is 2.24. The maximum Gasteiger partial charge on any atom is 0.325 e. The van der Waals surface area contributed by atoms with E-state index in [1.165, 1.54) is 11.1 Å². The van der Waals surface area contributed by atoms with Crippen molar-refractivity contribution < 1.29 is 14.7 Å². The second kappa shape index (κ2) is 7.43. The lowest BCUT2D eigenvalue weighted by Crippen LogP contribution is -2.36. The molecule has 1 aliphatic rings. The summed E-state index contributed by atoms with van der Waals surface area (Å²) in [6.45, 7) is 1.55. The van der Waals surface area contributed by atoms with Crippen LogP contribution in [-0.4, -0.2) is 32.8 Å². The number of aromatic amines is 2. The normalized spacial score (nSPS) is 15.1. The number of amides is 1. The van der Waals surface area contributed by atoms with Gasteiger partial charge in [-0.15, -0.1) is 0 Å². The topological polar surface area (TPSA) is 115 Å². The molecular formula is C22H21N3O4. The number of H-pyrrole nitrogens is 2. The van der Waals surface area contributed by atoms with Gasteiger partial charge in [0.15, 0.2) is 5.78 Å². The van der Waals surface area contributed by atoms with Crippen molar-refractivity contribution in [1.82, 2.24) is 15.3 Å². The van der Waals surface area contributed by atoms with E-state index in [4.69, 9.17) is 0 Å². The lowest BCUT2D eigenvalue weighted by molar-refractivity contribution is -0.121. The van der Waals surface area contributed by atoms with Gasteiger partial charge in [0.05, 0.1) is 12.1 Å². The molecule has 7 nitrogen and oxygen atoms in total. The Morgan fingerprint density at radius 1 is 1.03 bits per heavy atom. The standard InChI is InChI=1S/C22H21N3O4/c1-12(26)13-2-4-14(5-3-13)15-6-7-16-9-18(10-17(16)8-15)23-20(27)11-19-21(28)25-22(29)24-19/h2-8,18,28H,9-11H2,1H3,(H,23,27)(H2,24,25,29). The molecule has 0 spiro atoms. The van der Waals surface area contributed by atoms with Crippen molar-refractivity contribution in [2.75, 3.05) is 0 Å². The molecule has 0 bridgehead atoms. The molecule has 2 aromatic carbocycles. The molecule has 4 N–H and O–H groups in total. The fraction of sp³-hybridized carbons (Fsp3) is 0.227. The van der Waals surface area contributed by atoms with Crippen LogP contribution in [0.4, 0.5) is 0 Å². The minimum Gasteiger partial charge on any atom is -0.493 e. The van der Waals surface area contributed by atoms with Gasteiger partial charge in [0, 0.05) is 11.6 Å². The maximum absolute atomic E-state index is 12.3. The summed E-state index contributed by atoms with van der Waals surface area (Å²) in [4.78, 5) is 39.5. The van der Waals surface area contributed by atoms with Crippen LogP contribution in [-0.2, 0) is 24.1 Å². The summed E-state index contributed by atoms with van der Waals surface area (Å²) in [5, 5.41) is 12.6. The highest BCUT2D eigenvalue weighted by molar-refractivity contribution is 5.94. The Morgan fingerprint density at radius 2 is 1.72 bits per heavy atom. The van der Waals surface area contributed by atoms with Crippen LogP contribution in [0.25, 0.3) is 11.1 Å². The van der Waals surface area contributed by atoms with Crippen LogP contribution in [0.1, 0.15) is 34.1 Å². The summed E-state index contributed by atoms with van der Waals surface area (Å²) < 4.78 is 0. The number of rotatable bonds is 5. The Morgan fingerprint density at radius 3 is 2.38 bits per heavy atom. The first-order valence-electron chi connectivity index (χ1n) is 9.41. The molecule has 3 aromatic rings. The van der Waals surface area contributed by atoms with E-state index in [0.29, 0.717) is 5.56 Å². The molecule has 29 heavy (non-hydrogen) atoms. The first-order chi connectivity index (χ1) is 13.9. The Balaban J connectivity index is 1.43. The molecule has 0 aliphatic heterocycles. The molecule has 0 saturated heterocycles. The lowest BCUT2D eigenvalue weighted by atomic mass is 9.99. The number of carbonyl (C=O) groups excluding carboxylic acids is 2. The Hall–Kier alpha value is -3.61. The summed E-state index contributed by atoms with van der Waals surface area (Å²) in [5.74, 6) is -0.519. The number of aromatic nitrogens is 2. The number of hydrogen-bond donors (Lipinski definition) is 4.